The topological polar surface area (TPSA) is 98.3 Å². The van der Waals surface area contributed by atoms with E-state index in [1.807, 2.05) is 13.8 Å². The minimum absolute atomic E-state index is 0.0237. The van der Waals surface area contributed by atoms with E-state index in [2.05, 4.69) is 0 Å². The molecule has 9 nitrogen and oxygen atoms in total. The molecular weight excluding hydrogens is 396 g/mol. The predicted molar refractivity (Wildman–Crippen MR) is 105 cm³/mol. The summed E-state index contributed by atoms with van der Waals surface area (Å²) in [5.41, 5.74) is 1.94. The number of carbonyl (C=O) groups is 3. The van der Waals surface area contributed by atoms with E-state index in [4.69, 9.17) is 0 Å². The Hall–Kier alpha value is -2.30. The summed E-state index contributed by atoms with van der Waals surface area (Å²) in [6.07, 6.45) is 0. The van der Waals surface area contributed by atoms with Gasteiger partial charge < -0.3 is 0 Å². The van der Waals surface area contributed by atoms with E-state index < -0.39 is 33.9 Å². The van der Waals surface area contributed by atoms with Gasteiger partial charge in [-0.05, 0) is 51.0 Å². The van der Waals surface area contributed by atoms with E-state index in [1.165, 1.54) is 4.31 Å². The van der Waals surface area contributed by atoms with Crippen LogP contribution in [0.1, 0.15) is 25.0 Å². The lowest BCUT2D eigenvalue weighted by molar-refractivity contribution is -0.144. The SMILES string of the molecule is Cc1ccc(S(=O)(=O)N2CCN(CN3C(=O)C(=O)N(C(C)C)C3=O)CC2)cc1C. The first-order valence-corrected chi connectivity index (χ1v) is 11.0. The second-order valence-electron chi connectivity index (χ2n) is 7.69. The monoisotopic (exact) mass is 422 g/mol. The highest BCUT2D eigenvalue weighted by atomic mass is 32.2. The largest absolute Gasteiger partial charge is 0.335 e. The van der Waals surface area contributed by atoms with Crippen LogP contribution in [0.25, 0.3) is 0 Å². The van der Waals surface area contributed by atoms with Gasteiger partial charge in [0, 0.05) is 32.2 Å². The van der Waals surface area contributed by atoms with Gasteiger partial charge in [-0.25, -0.2) is 18.1 Å². The van der Waals surface area contributed by atoms with Crippen LogP contribution in [0.2, 0.25) is 0 Å². The lowest BCUT2D eigenvalue weighted by atomic mass is 10.1. The van der Waals surface area contributed by atoms with Crippen molar-refractivity contribution in [3.05, 3.63) is 29.3 Å². The van der Waals surface area contributed by atoms with Crippen molar-refractivity contribution < 1.29 is 22.8 Å². The maximum absolute atomic E-state index is 12.9. The minimum Gasteiger partial charge on any atom is -0.283 e. The Morgan fingerprint density at radius 3 is 2.07 bits per heavy atom. The van der Waals surface area contributed by atoms with Crippen molar-refractivity contribution in [1.29, 1.82) is 0 Å². The lowest BCUT2D eigenvalue weighted by Gasteiger charge is -2.35. The maximum Gasteiger partial charge on any atom is 0.335 e. The third kappa shape index (κ3) is 3.92. The van der Waals surface area contributed by atoms with E-state index in [0.29, 0.717) is 13.1 Å². The van der Waals surface area contributed by atoms with Crippen molar-refractivity contribution >= 4 is 27.9 Å². The number of aryl methyl sites for hydroxylation is 2. The van der Waals surface area contributed by atoms with Gasteiger partial charge in [0.05, 0.1) is 11.6 Å². The summed E-state index contributed by atoms with van der Waals surface area (Å²) in [5.74, 6) is -1.66. The molecule has 0 unspecified atom stereocenters. The molecule has 2 saturated heterocycles. The smallest absolute Gasteiger partial charge is 0.283 e. The Balaban J connectivity index is 1.65. The maximum atomic E-state index is 12.9. The van der Waals surface area contributed by atoms with E-state index in [0.717, 1.165) is 20.9 Å². The fourth-order valence-corrected chi connectivity index (χ4v) is 4.94. The molecule has 0 bridgehead atoms. The zero-order chi connectivity index (χ0) is 21.5. The molecule has 0 atom stereocenters. The van der Waals surface area contributed by atoms with Crippen molar-refractivity contribution in [2.24, 2.45) is 0 Å². The Morgan fingerprint density at radius 1 is 0.931 bits per heavy atom. The lowest BCUT2D eigenvalue weighted by Crippen LogP contribution is -2.52. The van der Waals surface area contributed by atoms with Crippen LogP contribution < -0.4 is 0 Å². The van der Waals surface area contributed by atoms with Crippen LogP contribution in [0.15, 0.2) is 23.1 Å². The van der Waals surface area contributed by atoms with Gasteiger partial charge in [-0.1, -0.05) is 6.07 Å². The zero-order valence-electron chi connectivity index (χ0n) is 17.1. The predicted octanol–water partition coefficient (Wildman–Crippen LogP) is 0.766. The van der Waals surface area contributed by atoms with E-state index in [1.54, 1.807) is 36.9 Å². The van der Waals surface area contributed by atoms with E-state index >= 15 is 0 Å². The molecule has 2 aliphatic rings. The molecule has 0 spiro atoms. The van der Waals surface area contributed by atoms with E-state index in [-0.39, 0.29) is 24.7 Å². The highest BCUT2D eigenvalue weighted by molar-refractivity contribution is 7.89. The van der Waals surface area contributed by atoms with Gasteiger partial charge in [0.25, 0.3) is 0 Å². The second kappa shape index (κ2) is 7.85. The Kier molecular flexibility index (Phi) is 5.79. The fourth-order valence-electron chi connectivity index (χ4n) is 3.44. The van der Waals surface area contributed by atoms with Gasteiger partial charge in [-0.2, -0.15) is 4.31 Å². The highest BCUT2D eigenvalue weighted by Crippen LogP contribution is 2.21. The third-order valence-electron chi connectivity index (χ3n) is 5.39. The zero-order valence-corrected chi connectivity index (χ0v) is 17.9. The van der Waals surface area contributed by atoms with Crippen molar-refractivity contribution in [3.8, 4) is 0 Å². The van der Waals surface area contributed by atoms with Crippen LogP contribution in [0, 0.1) is 13.8 Å². The average molecular weight is 423 g/mol. The van der Waals surface area contributed by atoms with Crippen LogP contribution in [0.3, 0.4) is 0 Å². The van der Waals surface area contributed by atoms with Gasteiger partial charge in [0.2, 0.25) is 10.0 Å². The first kappa shape index (κ1) is 21.4. The van der Waals surface area contributed by atoms with E-state index in [9.17, 15) is 22.8 Å². The van der Waals surface area contributed by atoms with Gasteiger partial charge in [0.15, 0.2) is 0 Å². The summed E-state index contributed by atoms with van der Waals surface area (Å²) in [7, 11) is -3.61. The molecule has 1 aromatic rings. The number of rotatable bonds is 5. The highest BCUT2D eigenvalue weighted by Gasteiger charge is 2.46. The molecular formula is C19H26N4O5S. The van der Waals surface area contributed by atoms with Crippen molar-refractivity contribution in [2.45, 2.75) is 38.6 Å². The molecule has 10 heteroatoms. The molecule has 2 heterocycles. The Bertz CT molecular complexity index is 951. The molecule has 2 fully saturated rings. The Labute approximate surface area is 170 Å². The standard InChI is InChI=1S/C19H26N4O5S/c1-13(2)23-18(25)17(24)22(19(23)26)12-20-7-9-21(10-8-20)29(27,28)16-6-5-14(3)15(4)11-16/h5-6,11,13H,7-10,12H2,1-4H3. The minimum atomic E-state index is -3.61. The molecule has 1 aromatic carbocycles. The number of nitrogens with zero attached hydrogens (tertiary/aromatic N) is 4. The molecule has 0 aliphatic carbocycles. The first-order chi connectivity index (χ1) is 13.5. The van der Waals surface area contributed by atoms with Crippen LogP contribution in [-0.4, -0.2) is 84.2 Å². The summed E-state index contributed by atoms with van der Waals surface area (Å²) in [4.78, 5) is 40.5. The van der Waals surface area contributed by atoms with Gasteiger partial charge in [-0.3, -0.25) is 19.4 Å². The van der Waals surface area contributed by atoms with Crippen LogP contribution >= 0.6 is 0 Å². The van der Waals surface area contributed by atoms with Crippen LogP contribution in [0.5, 0.6) is 0 Å². The number of imide groups is 2. The summed E-state index contributed by atoms with van der Waals surface area (Å²) in [5, 5.41) is 0. The molecule has 0 saturated carbocycles. The van der Waals surface area contributed by atoms with Crippen molar-refractivity contribution in [2.75, 3.05) is 32.8 Å². The number of urea groups is 1. The number of amides is 4. The molecule has 3 rings (SSSR count). The van der Waals surface area contributed by atoms with Gasteiger partial charge >= 0.3 is 17.8 Å². The quantitative estimate of drug-likeness (QED) is 0.513. The second-order valence-corrected chi connectivity index (χ2v) is 9.63. The normalized spacial score (nSPS) is 19.7. The number of hydrogen-bond acceptors (Lipinski definition) is 6. The molecule has 0 N–H and O–H groups in total. The first-order valence-electron chi connectivity index (χ1n) is 9.53. The van der Waals surface area contributed by atoms with Crippen LogP contribution in [-0.2, 0) is 19.6 Å². The number of carbonyl (C=O) groups excluding carboxylic acids is 3. The number of hydrogen-bond donors (Lipinski definition) is 0. The van der Waals surface area contributed by atoms with Crippen molar-refractivity contribution in [1.82, 2.24) is 19.0 Å². The number of piperazine rings is 1. The average Bonchev–Trinajstić information content (AvgIpc) is 2.87. The number of benzene rings is 1. The molecule has 0 radical (unpaired) electrons. The van der Waals surface area contributed by atoms with Gasteiger partial charge in [0.1, 0.15) is 0 Å². The van der Waals surface area contributed by atoms with Crippen LogP contribution in [0.4, 0.5) is 4.79 Å². The summed E-state index contributed by atoms with van der Waals surface area (Å²) < 4.78 is 27.2. The molecule has 4 amide bonds. The fraction of sp³-hybridized carbons (Fsp3) is 0.526. The summed E-state index contributed by atoms with van der Waals surface area (Å²) >= 11 is 0. The molecule has 158 valence electrons. The number of sulfonamides is 1. The molecule has 2 aliphatic heterocycles. The van der Waals surface area contributed by atoms with Gasteiger partial charge in [-0.15, -0.1) is 0 Å². The molecule has 29 heavy (non-hydrogen) atoms. The third-order valence-corrected chi connectivity index (χ3v) is 7.28. The summed E-state index contributed by atoms with van der Waals surface area (Å²) in [6, 6.07) is 4.05. The van der Waals surface area contributed by atoms with Crippen molar-refractivity contribution in [3.63, 3.8) is 0 Å². The molecule has 0 aromatic heterocycles. The summed E-state index contributed by atoms with van der Waals surface area (Å²) in [6.45, 7) is 8.32. The Morgan fingerprint density at radius 2 is 1.55 bits per heavy atom.